The molecule has 1 aliphatic rings. The lowest BCUT2D eigenvalue weighted by molar-refractivity contribution is -0.133. The predicted octanol–water partition coefficient (Wildman–Crippen LogP) is 1.65. The zero-order valence-corrected chi connectivity index (χ0v) is 12.0. The Morgan fingerprint density at radius 1 is 1.48 bits per heavy atom. The average molecular weight is 286 g/mol. The Bertz CT molecular complexity index is 612. The van der Waals surface area contributed by atoms with Crippen LogP contribution < -0.4 is 4.74 Å². The van der Waals surface area contributed by atoms with Crippen LogP contribution in [0.5, 0.6) is 5.75 Å². The Balaban J connectivity index is 1.76. The summed E-state index contributed by atoms with van der Waals surface area (Å²) in [5.74, 6) is 0.897. The molecule has 6 heteroatoms. The van der Waals surface area contributed by atoms with Gasteiger partial charge in [0.05, 0.1) is 19.3 Å². The van der Waals surface area contributed by atoms with Crippen LogP contribution in [0.1, 0.15) is 24.4 Å². The summed E-state index contributed by atoms with van der Waals surface area (Å²) in [6, 6.07) is 8.06. The Morgan fingerprint density at radius 3 is 3.14 bits per heavy atom. The zero-order chi connectivity index (χ0) is 14.7. The lowest BCUT2D eigenvalue weighted by Gasteiger charge is -2.25. The SMILES string of the molecule is COc1cccc([C@@H]2CCCN2C(=O)Cn2ccnn2)c1. The number of aromatic nitrogens is 3. The molecule has 3 rings (SSSR count). The molecule has 1 atom stereocenters. The summed E-state index contributed by atoms with van der Waals surface area (Å²) >= 11 is 0. The summed E-state index contributed by atoms with van der Waals surface area (Å²) in [5, 5.41) is 7.58. The molecular weight excluding hydrogens is 268 g/mol. The highest BCUT2D eigenvalue weighted by atomic mass is 16.5. The summed E-state index contributed by atoms with van der Waals surface area (Å²) in [4.78, 5) is 14.4. The summed E-state index contributed by atoms with van der Waals surface area (Å²) in [5.41, 5.74) is 1.12. The second-order valence-corrected chi connectivity index (χ2v) is 5.12. The highest BCUT2D eigenvalue weighted by Crippen LogP contribution is 2.33. The molecule has 0 N–H and O–H groups in total. The average Bonchev–Trinajstić information content (AvgIpc) is 3.18. The molecule has 1 fully saturated rings. The van der Waals surface area contributed by atoms with Crippen LogP contribution in [-0.4, -0.2) is 39.5 Å². The number of carbonyl (C=O) groups excluding carboxylic acids is 1. The number of benzene rings is 1. The zero-order valence-electron chi connectivity index (χ0n) is 12.0. The van der Waals surface area contributed by atoms with Crippen LogP contribution >= 0.6 is 0 Å². The molecule has 0 bridgehead atoms. The molecule has 1 aromatic carbocycles. The molecule has 0 saturated carbocycles. The second kappa shape index (κ2) is 5.95. The first-order valence-electron chi connectivity index (χ1n) is 7.05. The fraction of sp³-hybridized carbons (Fsp3) is 0.400. The molecule has 1 saturated heterocycles. The lowest BCUT2D eigenvalue weighted by Crippen LogP contribution is -2.33. The molecule has 2 aromatic rings. The number of hydrogen-bond donors (Lipinski definition) is 0. The van der Waals surface area contributed by atoms with Crippen molar-refractivity contribution in [2.45, 2.75) is 25.4 Å². The summed E-state index contributed by atoms with van der Waals surface area (Å²) < 4.78 is 6.83. The van der Waals surface area contributed by atoms with Crippen molar-refractivity contribution in [3.05, 3.63) is 42.2 Å². The van der Waals surface area contributed by atoms with Gasteiger partial charge in [0.1, 0.15) is 12.3 Å². The number of rotatable bonds is 4. The minimum atomic E-state index is 0.0748. The minimum Gasteiger partial charge on any atom is -0.497 e. The third-order valence-electron chi connectivity index (χ3n) is 3.82. The first kappa shape index (κ1) is 13.6. The number of nitrogens with zero attached hydrogens (tertiary/aromatic N) is 4. The summed E-state index contributed by atoms with van der Waals surface area (Å²) in [6.45, 7) is 1.02. The number of ether oxygens (including phenoxy) is 1. The van der Waals surface area contributed by atoms with Gasteiger partial charge in [-0.2, -0.15) is 0 Å². The molecule has 2 heterocycles. The van der Waals surface area contributed by atoms with Crippen molar-refractivity contribution in [3.63, 3.8) is 0 Å². The first-order valence-corrected chi connectivity index (χ1v) is 7.05. The molecule has 110 valence electrons. The Hall–Kier alpha value is -2.37. The van der Waals surface area contributed by atoms with E-state index < -0.39 is 0 Å². The van der Waals surface area contributed by atoms with Crippen molar-refractivity contribution in [2.75, 3.05) is 13.7 Å². The fourth-order valence-electron chi connectivity index (χ4n) is 2.81. The van der Waals surface area contributed by atoms with Gasteiger partial charge in [-0.15, -0.1) is 5.10 Å². The first-order chi connectivity index (χ1) is 10.3. The van der Waals surface area contributed by atoms with Crippen LogP contribution in [0.25, 0.3) is 0 Å². The molecule has 6 nitrogen and oxygen atoms in total. The number of hydrogen-bond acceptors (Lipinski definition) is 4. The van der Waals surface area contributed by atoms with Gasteiger partial charge in [-0.3, -0.25) is 4.79 Å². The summed E-state index contributed by atoms with van der Waals surface area (Å²) in [6.07, 6.45) is 5.28. The molecule has 0 spiro atoms. The highest BCUT2D eigenvalue weighted by molar-refractivity contribution is 5.76. The van der Waals surface area contributed by atoms with Gasteiger partial charge in [0.25, 0.3) is 0 Å². The molecule has 0 unspecified atom stereocenters. The topological polar surface area (TPSA) is 60.2 Å². The van der Waals surface area contributed by atoms with Crippen LogP contribution in [0.4, 0.5) is 0 Å². The normalized spacial score (nSPS) is 18.0. The van der Waals surface area contributed by atoms with E-state index in [-0.39, 0.29) is 18.5 Å². The van der Waals surface area contributed by atoms with Crippen LogP contribution in [0.2, 0.25) is 0 Å². The maximum atomic E-state index is 12.5. The van der Waals surface area contributed by atoms with Gasteiger partial charge in [-0.25, -0.2) is 4.68 Å². The smallest absolute Gasteiger partial charge is 0.244 e. The fourth-order valence-corrected chi connectivity index (χ4v) is 2.81. The van der Waals surface area contributed by atoms with Crippen molar-refractivity contribution in [2.24, 2.45) is 0 Å². The van der Waals surface area contributed by atoms with Crippen molar-refractivity contribution < 1.29 is 9.53 Å². The van der Waals surface area contributed by atoms with E-state index in [1.165, 1.54) is 0 Å². The van der Waals surface area contributed by atoms with Gasteiger partial charge in [0.2, 0.25) is 5.91 Å². The lowest BCUT2D eigenvalue weighted by atomic mass is 10.0. The molecule has 1 aliphatic heterocycles. The number of methoxy groups -OCH3 is 1. The van der Waals surface area contributed by atoms with Gasteiger partial charge >= 0.3 is 0 Å². The summed E-state index contributed by atoms with van der Waals surface area (Å²) in [7, 11) is 1.65. The van der Waals surface area contributed by atoms with E-state index in [4.69, 9.17) is 4.74 Å². The van der Waals surface area contributed by atoms with Gasteiger partial charge in [-0.1, -0.05) is 17.3 Å². The molecule has 21 heavy (non-hydrogen) atoms. The van der Waals surface area contributed by atoms with Crippen molar-refractivity contribution in [1.82, 2.24) is 19.9 Å². The van der Waals surface area contributed by atoms with Crippen molar-refractivity contribution >= 4 is 5.91 Å². The largest absolute Gasteiger partial charge is 0.497 e. The second-order valence-electron chi connectivity index (χ2n) is 5.12. The third kappa shape index (κ3) is 2.89. The molecule has 1 amide bonds. The van der Waals surface area contributed by atoms with E-state index in [9.17, 15) is 4.79 Å². The van der Waals surface area contributed by atoms with Crippen molar-refractivity contribution in [1.29, 1.82) is 0 Å². The van der Waals surface area contributed by atoms with Crippen molar-refractivity contribution in [3.8, 4) is 5.75 Å². The van der Waals surface area contributed by atoms with E-state index >= 15 is 0 Å². The van der Waals surface area contributed by atoms with E-state index in [2.05, 4.69) is 10.3 Å². The Kier molecular flexibility index (Phi) is 3.85. The minimum absolute atomic E-state index is 0.0748. The van der Waals surface area contributed by atoms with Gasteiger partial charge < -0.3 is 9.64 Å². The van der Waals surface area contributed by atoms with Crippen LogP contribution in [0.3, 0.4) is 0 Å². The Labute approximate surface area is 123 Å². The van der Waals surface area contributed by atoms with Crippen LogP contribution in [0.15, 0.2) is 36.7 Å². The number of amides is 1. The van der Waals surface area contributed by atoms with Gasteiger partial charge in [-0.05, 0) is 30.5 Å². The van der Waals surface area contributed by atoms with E-state index in [0.717, 1.165) is 30.7 Å². The molecule has 0 aliphatic carbocycles. The maximum Gasteiger partial charge on any atom is 0.244 e. The standard InChI is InChI=1S/C15H18N4O2/c1-21-13-5-2-4-12(10-13)14-6-3-8-19(14)15(20)11-18-9-7-16-17-18/h2,4-5,7,9-10,14H,3,6,8,11H2,1H3/t14-/m0/s1. The van der Waals surface area contributed by atoms with Gasteiger partial charge in [0.15, 0.2) is 0 Å². The molecule has 1 aromatic heterocycles. The van der Waals surface area contributed by atoms with E-state index in [0.29, 0.717) is 0 Å². The maximum absolute atomic E-state index is 12.5. The van der Waals surface area contributed by atoms with Crippen LogP contribution in [0, 0.1) is 0 Å². The monoisotopic (exact) mass is 286 g/mol. The third-order valence-corrected chi connectivity index (χ3v) is 3.82. The number of carbonyl (C=O) groups is 1. The Morgan fingerprint density at radius 2 is 2.38 bits per heavy atom. The molecular formula is C15H18N4O2. The van der Waals surface area contributed by atoms with E-state index in [1.54, 1.807) is 24.2 Å². The van der Waals surface area contributed by atoms with E-state index in [1.807, 2.05) is 29.2 Å². The highest BCUT2D eigenvalue weighted by Gasteiger charge is 2.30. The van der Waals surface area contributed by atoms with Crippen LogP contribution in [-0.2, 0) is 11.3 Å². The quantitative estimate of drug-likeness (QED) is 0.857. The predicted molar refractivity (Wildman–Crippen MR) is 76.7 cm³/mol. The van der Waals surface area contributed by atoms with Gasteiger partial charge in [0, 0.05) is 12.7 Å². The number of likely N-dealkylation sites (tertiary alicyclic amines) is 1. The molecule has 0 radical (unpaired) electrons.